The third-order valence-corrected chi connectivity index (χ3v) is 4.39. The Morgan fingerprint density at radius 2 is 1.77 bits per heavy atom. The highest BCUT2D eigenvalue weighted by Gasteiger charge is 2.38. The summed E-state index contributed by atoms with van der Waals surface area (Å²) in [6.45, 7) is 0. The molecule has 2 N–H and O–H groups in total. The minimum atomic E-state index is -0.742. The fourth-order valence-corrected chi connectivity index (χ4v) is 3.25. The Balaban J connectivity index is 2.08. The van der Waals surface area contributed by atoms with E-state index in [2.05, 4.69) is 0 Å². The highest BCUT2D eigenvalue weighted by Crippen LogP contribution is 2.43. The van der Waals surface area contributed by atoms with Crippen LogP contribution in [0.2, 0.25) is 0 Å². The molecule has 2 aromatic carbocycles. The second-order valence-corrected chi connectivity index (χ2v) is 5.84. The van der Waals surface area contributed by atoms with Gasteiger partial charge in [-0.1, -0.05) is 42.5 Å². The van der Waals surface area contributed by atoms with Crippen LogP contribution in [0.15, 0.2) is 75.3 Å². The molecule has 0 bridgehead atoms. The standard InChI is InChI=1S/C20H15NO5/c1-24-19(22)16-14(11-7-3-2-4-8-11)15-17(26-18(16)21)12-9-5-6-10-13(12)25-20(15)23/h2-10,14H,21H2,1H3/t14-/m0/s1. The number of carbonyl (C=O) groups is 1. The molecule has 2 heterocycles. The molecule has 0 fully saturated rings. The van der Waals surface area contributed by atoms with Gasteiger partial charge in [0.1, 0.15) is 11.2 Å². The number of benzene rings is 2. The third-order valence-electron chi connectivity index (χ3n) is 4.39. The summed E-state index contributed by atoms with van der Waals surface area (Å²) < 4.78 is 16.0. The Bertz CT molecular complexity index is 1100. The molecule has 6 nitrogen and oxygen atoms in total. The number of hydrogen-bond donors (Lipinski definition) is 1. The van der Waals surface area contributed by atoms with E-state index in [-0.39, 0.29) is 17.0 Å². The molecule has 0 spiro atoms. The number of para-hydroxylation sites is 1. The van der Waals surface area contributed by atoms with Crippen molar-refractivity contribution in [2.45, 2.75) is 5.92 Å². The first-order chi connectivity index (χ1) is 12.6. The normalized spacial score (nSPS) is 16.1. The molecule has 1 aliphatic rings. The summed E-state index contributed by atoms with van der Waals surface area (Å²) in [6.07, 6.45) is 0. The van der Waals surface area contributed by atoms with E-state index in [1.807, 2.05) is 30.3 Å². The van der Waals surface area contributed by atoms with Crippen LogP contribution < -0.4 is 16.1 Å². The van der Waals surface area contributed by atoms with Crippen molar-refractivity contribution in [2.24, 2.45) is 5.73 Å². The highest BCUT2D eigenvalue weighted by atomic mass is 16.5. The molecule has 26 heavy (non-hydrogen) atoms. The number of rotatable bonds is 2. The molecular formula is C20H15NO5. The van der Waals surface area contributed by atoms with Crippen LogP contribution in [0.4, 0.5) is 0 Å². The number of methoxy groups -OCH3 is 1. The molecule has 130 valence electrons. The van der Waals surface area contributed by atoms with Gasteiger partial charge in [-0.15, -0.1) is 0 Å². The number of fused-ring (bicyclic) bond motifs is 3. The zero-order valence-electron chi connectivity index (χ0n) is 13.9. The molecule has 1 aromatic heterocycles. The second-order valence-electron chi connectivity index (χ2n) is 5.84. The largest absolute Gasteiger partial charge is 0.465 e. The molecule has 4 rings (SSSR count). The van der Waals surface area contributed by atoms with E-state index in [9.17, 15) is 9.59 Å². The monoisotopic (exact) mass is 349 g/mol. The van der Waals surface area contributed by atoms with Crippen LogP contribution in [0, 0.1) is 0 Å². The lowest BCUT2D eigenvalue weighted by molar-refractivity contribution is -0.136. The van der Waals surface area contributed by atoms with Gasteiger partial charge in [0.25, 0.3) is 0 Å². The average Bonchev–Trinajstić information content (AvgIpc) is 2.67. The lowest BCUT2D eigenvalue weighted by Gasteiger charge is -2.27. The van der Waals surface area contributed by atoms with E-state index in [1.165, 1.54) is 7.11 Å². The topological polar surface area (TPSA) is 91.8 Å². The van der Waals surface area contributed by atoms with Crippen molar-refractivity contribution >= 4 is 16.9 Å². The van der Waals surface area contributed by atoms with Crippen LogP contribution in [0.3, 0.4) is 0 Å². The smallest absolute Gasteiger partial charge is 0.344 e. The summed E-state index contributed by atoms with van der Waals surface area (Å²) in [6, 6.07) is 16.1. The van der Waals surface area contributed by atoms with Crippen molar-refractivity contribution in [1.82, 2.24) is 0 Å². The van der Waals surface area contributed by atoms with E-state index in [0.29, 0.717) is 22.3 Å². The second kappa shape index (κ2) is 6.07. The molecule has 6 heteroatoms. The Hall–Kier alpha value is -3.54. The maximum Gasteiger partial charge on any atom is 0.344 e. The molecule has 0 amide bonds. The molecule has 0 saturated carbocycles. The molecule has 0 unspecified atom stereocenters. The van der Waals surface area contributed by atoms with Gasteiger partial charge >= 0.3 is 11.6 Å². The van der Waals surface area contributed by atoms with Crippen molar-refractivity contribution < 1.29 is 18.7 Å². The molecule has 3 aromatic rings. The first kappa shape index (κ1) is 16.0. The van der Waals surface area contributed by atoms with Gasteiger partial charge in [0.2, 0.25) is 5.88 Å². The first-order valence-corrected chi connectivity index (χ1v) is 7.98. The van der Waals surface area contributed by atoms with Crippen LogP contribution in [-0.4, -0.2) is 13.1 Å². The molecule has 0 aliphatic carbocycles. The fraction of sp³-hybridized carbons (Fsp3) is 0.100. The Kier molecular flexibility index (Phi) is 3.73. The molecule has 1 aliphatic heterocycles. The SMILES string of the molecule is COC(=O)C1=C(N)Oc2c(c(=O)oc3ccccc23)[C@@H]1c1ccccc1. The first-order valence-electron chi connectivity index (χ1n) is 7.98. The van der Waals surface area contributed by atoms with Gasteiger partial charge in [0, 0.05) is 0 Å². The van der Waals surface area contributed by atoms with E-state index in [1.54, 1.807) is 24.3 Å². The Morgan fingerprint density at radius 1 is 1.08 bits per heavy atom. The summed E-state index contributed by atoms with van der Waals surface area (Å²) in [4.78, 5) is 25.1. The minimum absolute atomic E-state index is 0.0776. The van der Waals surface area contributed by atoms with Gasteiger partial charge in [-0.25, -0.2) is 9.59 Å². The van der Waals surface area contributed by atoms with Gasteiger partial charge in [0.05, 0.1) is 24.0 Å². The summed E-state index contributed by atoms with van der Waals surface area (Å²) in [7, 11) is 1.25. The lowest BCUT2D eigenvalue weighted by Crippen LogP contribution is -2.30. The van der Waals surface area contributed by atoms with Gasteiger partial charge in [0.15, 0.2) is 5.75 Å². The predicted octanol–water partition coefficient (Wildman–Crippen LogP) is 2.66. The highest BCUT2D eigenvalue weighted by molar-refractivity contribution is 5.94. The van der Waals surface area contributed by atoms with E-state index in [4.69, 9.17) is 19.6 Å². The molecule has 0 saturated heterocycles. The van der Waals surface area contributed by atoms with E-state index in [0.717, 1.165) is 0 Å². The summed E-state index contributed by atoms with van der Waals surface area (Å²) in [5, 5.41) is 0.606. The zero-order chi connectivity index (χ0) is 18.3. The van der Waals surface area contributed by atoms with Crippen molar-refractivity contribution in [3.05, 3.63) is 87.6 Å². The van der Waals surface area contributed by atoms with Crippen molar-refractivity contribution in [2.75, 3.05) is 7.11 Å². The number of hydrogen-bond acceptors (Lipinski definition) is 6. The number of nitrogens with two attached hydrogens (primary N) is 1. The fourth-order valence-electron chi connectivity index (χ4n) is 3.25. The Morgan fingerprint density at radius 3 is 2.50 bits per heavy atom. The minimum Gasteiger partial charge on any atom is -0.465 e. The quantitative estimate of drug-likeness (QED) is 0.565. The van der Waals surface area contributed by atoms with Gasteiger partial charge in [-0.3, -0.25) is 0 Å². The van der Waals surface area contributed by atoms with Crippen LogP contribution in [0.5, 0.6) is 5.75 Å². The van der Waals surface area contributed by atoms with E-state index < -0.39 is 17.5 Å². The average molecular weight is 349 g/mol. The number of ether oxygens (including phenoxy) is 2. The zero-order valence-corrected chi connectivity index (χ0v) is 13.9. The van der Waals surface area contributed by atoms with Crippen molar-refractivity contribution in [3.63, 3.8) is 0 Å². The lowest BCUT2D eigenvalue weighted by atomic mass is 9.83. The van der Waals surface area contributed by atoms with Crippen LogP contribution in [0.25, 0.3) is 11.0 Å². The summed E-state index contributed by atoms with van der Waals surface area (Å²) >= 11 is 0. The Labute approximate surface area is 148 Å². The summed E-state index contributed by atoms with van der Waals surface area (Å²) in [5.74, 6) is -1.19. The predicted molar refractivity (Wildman–Crippen MR) is 94.6 cm³/mol. The van der Waals surface area contributed by atoms with Crippen molar-refractivity contribution in [3.8, 4) is 5.75 Å². The molecule has 0 radical (unpaired) electrons. The van der Waals surface area contributed by atoms with Crippen LogP contribution >= 0.6 is 0 Å². The van der Waals surface area contributed by atoms with E-state index >= 15 is 0 Å². The maximum atomic E-state index is 12.8. The van der Waals surface area contributed by atoms with Gasteiger partial charge in [-0.05, 0) is 17.7 Å². The molecular weight excluding hydrogens is 334 g/mol. The number of esters is 1. The maximum absolute atomic E-state index is 12.8. The van der Waals surface area contributed by atoms with Gasteiger partial charge in [-0.2, -0.15) is 0 Å². The van der Waals surface area contributed by atoms with Crippen LogP contribution in [-0.2, 0) is 9.53 Å². The van der Waals surface area contributed by atoms with Gasteiger partial charge < -0.3 is 19.6 Å². The van der Waals surface area contributed by atoms with Crippen LogP contribution in [0.1, 0.15) is 17.0 Å². The number of carbonyl (C=O) groups excluding carboxylic acids is 1. The molecule has 1 atom stereocenters. The third kappa shape index (κ3) is 2.35. The summed E-state index contributed by atoms with van der Waals surface area (Å²) in [5.41, 5.74) is 6.88. The van der Waals surface area contributed by atoms with Crippen molar-refractivity contribution in [1.29, 1.82) is 0 Å².